The van der Waals surface area contributed by atoms with Gasteiger partial charge in [-0.25, -0.2) is 4.98 Å². The van der Waals surface area contributed by atoms with E-state index in [9.17, 15) is 0 Å². The lowest BCUT2D eigenvalue weighted by molar-refractivity contribution is 0.281. The van der Waals surface area contributed by atoms with Crippen LogP contribution in [0.4, 0.5) is 5.82 Å². The summed E-state index contributed by atoms with van der Waals surface area (Å²) in [5, 5.41) is 9.63. The van der Waals surface area contributed by atoms with Crippen LogP contribution in [0.5, 0.6) is 0 Å². The smallest absolute Gasteiger partial charge is 0.147 e. The first kappa shape index (κ1) is 12.7. The van der Waals surface area contributed by atoms with Gasteiger partial charge in [0, 0.05) is 19.8 Å². The normalized spacial score (nSPS) is 16.4. The molecule has 0 aliphatic heterocycles. The Hall–Kier alpha value is -0.800. The molecule has 1 fully saturated rings. The van der Waals surface area contributed by atoms with Crippen LogP contribution in [-0.2, 0) is 6.61 Å². The summed E-state index contributed by atoms with van der Waals surface area (Å²) in [6.07, 6.45) is 7.02. The van der Waals surface area contributed by atoms with Crippen LogP contribution in [0, 0.1) is 5.92 Å². The summed E-state index contributed by atoms with van der Waals surface area (Å²) in [7, 11) is 2.03. The summed E-state index contributed by atoms with van der Waals surface area (Å²) in [6.45, 7) is 1.00. The zero-order chi connectivity index (χ0) is 12.3. The Balaban J connectivity index is 2.04. The fraction of sp³-hybridized carbons (Fsp3) is 0.615. The molecule has 0 spiro atoms. The van der Waals surface area contributed by atoms with E-state index in [0.29, 0.717) is 5.02 Å². The molecule has 0 aromatic carbocycles. The lowest BCUT2D eigenvalue weighted by Crippen LogP contribution is -2.25. The van der Waals surface area contributed by atoms with Crippen LogP contribution in [0.1, 0.15) is 31.2 Å². The van der Waals surface area contributed by atoms with Gasteiger partial charge in [-0.15, -0.1) is 0 Å². The molecule has 0 bridgehead atoms. The van der Waals surface area contributed by atoms with Crippen molar-refractivity contribution in [1.29, 1.82) is 0 Å². The fourth-order valence-corrected chi connectivity index (χ4v) is 2.84. The second-order valence-electron chi connectivity index (χ2n) is 4.84. The Morgan fingerprint density at radius 1 is 1.47 bits per heavy atom. The van der Waals surface area contributed by atoms with E-state index in [0.717, 1.165) is 23.8 Å². The van der Waals surface area contributed by atoms with Crippen LogP contribution in [-0.4, -0.2) is 23.7 Å². The molecule has 94 valence electrons. The summed E-state index contributed by atoms with van der Waals surface area (Å²) < 4.78 is 0. The Labute approximate surface area is 107 Å². The fourth-order valence-electron chi connectivity index (χ4n) is 2.50. The van der Waals surface area contributed by atoms with Gasteiger partial charge < -0.3 is 10.0 Å². The number of pyridine rings is 1. The van der Waals surface area contributed by atoms with Gasteiger partial charge in [-0.2, -0.15) is 0 Å². The van der Waals surface area contributed by atoms with Crippen molar-refractivity contribution in [2.75, 3.05) is 18.5 Å². The highest BCUT2D eigenvalue weighted by atomic mass is 35.5. The Morgan fingerprint density at radius 3 is 2.76 bits per heavy atom. The number of hydrogen-bond donors (Lipinski definition) is 1. The van der Waals surface area contributed by atoms with Gasteiger partial charge in [0.25, 0.3) is 0 Å². The molecular weight excluding hydrogens is 236 g/mol. The molecule has 0 saturated heterocycles. The van der Waals surface area contributed by atoms with E-state index in [4.69, 9.17) is 16.7 Å². The highest BCUT2D eigenvalue weighted by Crippen LogP contribution is 2.29. The first-order valence-corrected chi connectivity index (χ1v) is 6.55. The summed E-state index contributed by atoms with van der Waals surface area (Å²) in [5.74, 6) is 1.59. The van der Waals surface area contributed by atoms with Crippen LogP contribution in [0.3, 0.4) is 0 Å². The molecule has 0 amide bonds. The quantitative estimate of drug-likeness (QED) is 0.898. The predicted octanol–water partition coefficient (Wildman–Crippen LogP) is 2.85. The highest BCUT2D eigenvalue weighted by Gasteiger charge is 2.18. The van der Waals surface area contributed by atoms with Crippen molar-refractivity contribution in [3.63, 3.8) is 0 Å². The van der Waals surface area contributed by atoms with E-state index in [1.807, 2.05) is 7.05 Å². The van der Waals surface area contributed by atoms with Gasteiger partial charge in [-0.05, 0) is 30.4 Å². The van der Waals surface area contributed by atoms with Crippen molar-refractivity contribution in [3.8, 4) is 0 Å². The molecule has 1 aliphatic rings. The lowest BCUT2D eigenvalue weighted by Gasteiger charge is -2.23. The van der Waals surface area contributed by atoms with Gasteiger partial charge in [0.15, 0.2) is 0 Å². The Kier molecular flexibility index (Phi) is 4.24. The van der Waals surface area contributed by atoms with Crippen molar-refractivity contribution >= 4 is 17.4 Å². The zero-order valence-corrected chi connectivity index (χ0v) is 11.0. The first-order chi connectivity index (χ1) is 8.20. The van der Waals surface area contributed by atoms with E-state index < -0.39 is 0 Å². The van der Waals surface area contributed by atoms with E-state index in [-0.39, 0.29) is 6.61 Å². The number of anilines is 1. The van der Waals surface area contributed by atoms with Gasteiger partial charge >= 0.3 is 0 Å². The Bertz CT molecular complexity index is 378. The maximum atomic E-state index is 9.01. The lowest BCUT2D eigenvalue weighted by atomic mass is 10.1. The van der Waals surface area contributed by atoms with Crippen molar-refractivity contribution in [2.24, 2.45) is 5.92 Å². The minimum absolute atomic E-state index is 0.0145. The number of rotatable bonds is 4. The molecular formula is C13H19ClN2O. The van der Waals surface area contributed by atoms with Gasteiger partial charge in [-0.3, -0.25) is 0 Å². The molecule has 1 aromatic rings. The molecule has 1 N–H and O–H groups in total. The van der Waals surface area contributed by atoms with E-state index in [1.54, 1.807) is 12.3 Å². The predicted molar refractivity (Wildman–Crippen MR) is 70.4 cm³/mol. The van der Waals surface area contributed by atoms with E-state index in [1.165, 1.54) is 25.7 Å². The van der Waals surface area contributed by atoms with Gasteiger partial charge in [0.1, 0.15) is 5.82 Å². The largest absolute Gasteiger partial charge is 0.392 e. The van der Waals surface area contributed by atoms with Crippen molar-refractivity contribution < 1.29 is 5.11 Å². The molecule has 0 atom stereocenters. The number of aromatic nitrogens is 1. The number of aliphatic hydroxyl groups is 1. The zero-order valence-electron chi connectivity index (χ0n) is 10.2. The third kappa shape index (κ3) is 3.11. The van der Waals surface area contributed by atoms with Crippen LogP contribution >= 0.6 is 11.6 Å². The van der Waals surface area contributed by atoms with Gasteiger partial charge in [0.05, 0.1) is 11.6 Å². The molecule has 4 heteroatoms. The van der Waals surface area contributed by atoms with Crippen molar-refractivity contribution in [1.82, 2.24) is 4.98 Å². The molecule has 1 aromatic heterocycles. The minimum Gasteiger partial charge on any atom is -0.392 e. The first-order valence-electron chi connectivity index (χ1n) is 6.17. The topological polar surface area (TPSA) is 36.4 Å². The SMILES string of the molecule is CN(CC1CCCC1)c1ncc(CO)cc1Cl. The molecule has 0 unspecified atom stereocenters. The number of hydrogen-bond acceptors (Lipinski definition) is 3. The van der Waals surface area contributed by atoms with Crippen molar-refractivity contribution in [2.45, 2.75) is 32.3 Å². The molecule has 1 aliphatic carbocycles. The third-order valence-corrected chi connectivity index (χ3v) is 3.71. The second kappa shape index (κ2) is 5.69. The highest BCUT2D eigenvalue weighted by molar-refractivity contribution is 6.33. The summed E-state index contributed by atoms with van der Waals surface area (Å²) in [6, 6.07) is 1.79. The van der Waals surface area contributed by atoms with Crippen LogP contribution < -0.4 is 4.90 Å². The van der Waals surface area contributed by atoms with E-state index >= 15 is 0 Å². The third-order valence-electron chi connectivity index (χ3n) is 3.43. The average Bonchev–Trinajstić information content (AvgIpc) is 2.81. The molecule has 1 heterocycles. The summed E-state index contributed by atoms with van der Waals surface area (Å²) in [4.78, 5) is 6.45. The van der Waals surface area contributed by atoms with Crippen molar-refractivity contribution in [3.05, 3.63) is 22.8 Å². The number of aliphatic hydroxyl groups excluding tert-OH is 1. The van der Waals surface area contributed by atoms with Crippen LogP contribution in [0.25, 0.3) is 0 Å². The molecule has 2 rings (SSSR count). The molecule has 1 saturated carbocycles. The summed E-state index contributed by atoms with van der Waals surface area (Å²) >= 11 is 6.17. The molecule has 17 heavy (non-hydrogen) atoms. The number of nitrogens with zero attached hydrogens (tertiary/aromatic N) is 2. The van der Waals surface area contributed by atoms with Crippen LogP contribution in [0.2, 0.25) is 5.02 Å². The van der Waals surface area contributed by atoms with Gasteiger partial charge in [-0.1, -0.05) is 24.4 Å². The maximum Gasteiger partial charge on any atom is 0.147 e. The maximum absolute atomic E-state index is 9.01. The van der Waals surface area contributed by atoms with E-state index in [2.05, 4.69) is 9.88 Å². The average molecular weight is 255 g/mol. The number of halogens is 1. The summed E-state index contributed by atoms with van der Waals surface area (Å²) in [5.41, 5.74) is 0.757. The molecule has 3 nitrogen and oxygen atoms in total. The minimum atomic E-state index is -0.0145. The Morgan fingerprint density at radius 2 is 2.18 bits per heavy atom. The monoisotopic (exact) mass is 254 g/mol. The standard InChI is InChI=1S/C13H19ClN2O/c1-16(8-10-4-2-3-5-10)13-12(14)6-11(9-17)7-15-13/h6-7,10,17H,2-5,8-9H2,1H3. The van der Waals surface area contributed by atoms with Gasteiger partial charge in [0.2, 0.25) is 0 Å². The second-order valence-corrected chi connectivity index (χ2v) is 5.25. The van der Waals surface area contributed by atoms with Crippen LogP contribution in [0.15, 0.2) is 12.3 Å². The molecule has 0 radical (unpaired) electrons.